The summed E-state index contributed by atoms with van der Waals surface area (Å²) in [6.07, 6.45) is 3.67. The molecule has 0 aliphatic heterocycles. The molecule has 84 valence electrons. The Hall–Kier alpha value is -2.24. The van der Waals surface area contributed by atoms with Crippen LogP contribution >= 0.6 is 0 Å². The highest BCUT2D eigenvalue weighted by atomic mass is 16.7. The van der Waals surface area contributed by atoms with Crippen LogP contribution in [0.2, 0.25) is 0 Å². The zero-order valence-electron chi connectivity index (χ0n) is 8.72. The number of hydrogen-bond acceptors (Lipinski definition) is 6. The van der Waals surface area contributed by atoms with Crippen LogP contribution in [0.25, 0.3) is 0 Å². The minimum absolute atomic E-state index is 0.157. The van der Waals surface area contributed by atoms with E-state index in [0.29, 0.717) is 0 Å². The molecule has 0 heterocycles. The smallest absolute Gasteiger partial charge is 0.341 e. The van der Waals surface area contributed by atoms with E-state index in [1.165, 1.54) is 19.1 Å². The minimum Gasteiger partial charge on any atom is -0.465 e. The van der Waals surface area contributed by atoms with E-state index in [0.717, 1.165) is 13.2 Å². The van der Waals surface area contributed by atoms with Crippen molar-refractivity contribution in [1.29, 1.82) is 0 Å². The molecule has 0 bridgehead atoms. The number of allylic oxidation sites excluding steroid dienone is 3. The van der Waals surface area contributed by atoms with E-state index in [-0.39, 0.29) is 11.3 Å². The maximum absolute atomic E-state index is 11.3. The summed E-state index contributed by atoms with van der Waals surface area (Å²) in [6, 6.07) is 0. The Labute approximate surface area is 91.2 Å². The highest BCUT2D eigenvalue weighted by Gasteiger charge is 2.20. The predicted octanol–water partition coefficient (Wildman–Crippen LogP) is 0.144. The van der Waals surface area contributed by atoms with Gasteiger partial charge in [-0.15, -0.1) is 0 Å². The maximum atomic E-state index is 11.3. The quantitative estimate of drug-likeness (QED) is 0.219. The molecule has 0 spiro atoms. The number of ketones is 1. The van der Waals surface area contributed by atoms with E-state index in [4.69, 9.17) is 0 Å². The first-order chi connectivity index (χ1) is 7.54. The van der Waals surface area contributed by atoms with E-state index in [9.17, 15) is 14.4 Å². The lowest BCUT2D eigenvalue weighted by atomic mass is 10.0. The molecular formula is C10H9NO5. The maximum Gasteiger partial charge on any atom is 0.341 e. The van der Waals surface area contributed by atoms with Crippen LogP contribution in [0.3, 0.4) is 0 Å². The van der Waals surface area contributed by atoms with Gasteiger partial charge in [0.25, 0.3) is 0 Å². The van der Waals surface area contributed by atoms with Crippen LogP contribution in [0, 0.1) is 0 Å². The molecule has 0 fully saturated rings. The molecule has 0 radical (unpaired) electrons. The molecule has 1 rings (SSSR count). The lowest BCUT2D eigenvalue weighted by molar-refractivity contribution is -0.141. The second kappa shape index (κ2) is 5.01. The van der Waals surface area contributed by atoms with Gasteiger partial charge < -0.3 is 9.57 Å². The summed E-state index contributed by atoms with van der Waals surface area (Å²) in [5.41, 5.74) is 0.0334. The molecule has 0 unspecified atom stereocenters. The van der Waals surface area contributed by atoms with Gasteiger partial charge in [-0.1, -0.05) is 5.16 Å². The van der Waals surface area contributed by atoms with E-state index < -0.39 is 17.7 Å². The van der Waals surface area contributed by atoms with Gasteiger partial charge in [-0.3, -0.25) is 4.79 Å². The third kappa shape index (κ3) is 2.88. The van der Waals surface area contributed by atoms with Crippen molar-refractivity contribution in [2.75, 3.05) is 7.11 Å². The summed E-state index contributed by atoms with van der Waals surface area (Å²) in [5, 5.41) is 3.43. The molecule has 0 aromatic heterocycles. The molecular weight excluding hydrogens is 214 g/mol. The molecule has 0 saturated carbocycles. The fourth-order valence-electron chi connectivity index (χ4n) is 0.961. The van der Waals surface area contributed by atoms with Gasteiger partial charge in [-0.2, -0.15) is 0 Å². The summed E-state index contributed by atoms with van der Waals surface area (Å²) >= 11 is 0. The first-order valence-electron chi connectivity index (χ1n) is 4.32. The molecule has 0 aromatic rings. The van der Waals surface area contributed by atoms with Crippen molar-refractivity contribution in [2.24, 2.45) is 5.16 Å². The number of ether oxygens (including phenoxy) is 1. The Morgan fingerprint density at radius 2 is 2.00 bits per heavy atom. The van der Waals surface area contributed by atoms with Crippen molar-refractivity contribution in [3.63, 3.8) is 0 Å². The first kappa shape index (κ1) is 11.8. The van der Waals surface area contributed by atoms with Crippen LogP contribution in [0.1, 0.15) is 6.92 Å². The van der Waals surface area contributed by atoms with Crippen molar-refractivity contribution < 1.29 is 24.0 Å². The van der Waals surface area contributed by atoms with Crippen LogP contribution in [-0.4, -0.2) is 30.5 Å². The molecule has 1 aliphatic rings. The van der Waals surface area contributed by atoms with Crippen LogP contribution in [0.4, 0.5) is 0 Å². The van der Waals surface area contributed by atoms with E-state index in [1.54, 1.807) is 0 Å². The first-order valence-corrected chi connectivity index (χ1v) is 4.32. The minimum atomic E-state index is -0.759. The highest BCUT2D eigenvalue weighted by Crippen LogP contribution is 2.08. The van der Waals surface area contributed by atoms with Gasteiger partial charge in [0.2, 0.25) is 0 Å². The largest absolute Gasteiger partial charge is 0.465 e. The van der Waals surface area contributed by atoms with E-state index in [1.807, 2.05) is 0 Å². The van der Waals surface area contributed by atoms with Crippen molar-refractivity contribution in [2.45, 2.75) is 6.92 Å². The third-order valence-corrected chi connectivity index (χ3v) is 1.65. The number of methoxy groups -OCH3 is 1. The predicted molar refractivity (Wildman–Crippen MR) is 53.4 cm³/mol. The van der Waals surface area contributed by atoms with Gasteiger partial charge in [-0.05, 0) is 18.2 Å². The Balaban J connectivity index is 2.92. The monoisotopic (exact) mass is 223 g/mol. The van der Waals surface area contributed by atoms with Crippen LogP contribution in [0.5, 0.6) is 0 Å². The fourth-order valence-corrected chi connectivity index (χ4v) is 0.961. The summed E-state index contributed by atoms with van der Waals surface area (Å²) in [4.78, 5) is 37.3. The summed E-state index contributed by atoms with van der Waals surface area (Å²) in [6.45, 7) is 1.19. The lowest BCUT2D eigenvalue weighted by Gasteiger charge is -2.05. The number of oxime groups is 1. The Bertz CT molecular complexity index is 430. The van der Waals surface area contributed by atoms with Gasteiger partial charge in [0.05, 0.1) is 7.11 Å². The second-order valence-corrected chi connectivity index (χ2v) is 2.85. The van der Waals surface area contributed by atoms with Crippen molar-refractivity contribution in [3.05, 3.63) is 23.8 Å². The fraction of sp³-hybridized carbons (Fsp3) is 0.200. The van der Waals surface area contributed by atoms with Gasteiger partial charge in [0, 0.05) is 6.92 Å². The van der Waals surface area contributed by atoms with Crippen LogP contribution in [-0.2, 0) is 24.0 Å². The van der Waals surface area contributed by atoms with Crippen molar-refractivity contribution >= 4 is 23.4 Å². The molecule has 16 heavy (non-hydrogen) atoms. The molecule has 0 aromatic carbocycles. The molecule has 0 amide bonds. The topological polar surface area (TPSA) is 82.0 Å². The molecule has 0 saturated heterocycles. The molecule has 0 N–H and O–H groups in total. The van der Waals surface area contributed by atoms with Crippen LogP contribution in [0.15, 0.2) is 29.0 Å². The Morgan fingerprint density at radius 3 is 2.56 bits per heavy atom. The SMILES string of the molecule is COC(=O)C1=C/C(=N/OC(C)=O)C=CC1=O. The summed E-state index contributed by atoms with van der Waals surface area (Å²) in [7, 11) is 1.16. The normalized spacial score (nSPS) is 17.0. The van der Waals surface area contributed by atoms with Gasteiger partial charge in [0.15, 0.2) is 5.78 Å². The standard InChI is InChI=1S/C10H9NO5/c1-6(12)16-11-7-3-4-9(13)8(5-7)10(14)15-2/h3-5H,1-2H3/b11-7+. The van der Waals surface area contributed by atoms with E-state index in [2.05, 4.69) is 14.7 Å². The Kier molecular flexibility index (Phi) is 3.71. The van der Waals surface area contributed by atoms with Gasteiger partial charge in [0.1, 0.15) is 11.3 Å². The number of esters is 1. The number of nitrogens with zero attached hydrogens (tertiary/aromatic N) is 1. The highest BCUT2D eigenvalue weighted by molar-refractivity contribution is 6.29. The van der Waals surface area contributed by atoms with Gasteiger partial charge in [-0.25, -0.2) is 9.59 Å². The van der Waals surface area contributed by atoms with Crippen molar-refractivity contribution in [3.8, 4) is 0 Å². The lowest BCUT2D eigenvalue weighted by Crippen LogP contribution is -2.17. The number of carbonyl (C=O) groups excluding carboxylic acids is 3. The molecule has 6 heteroatoms. The zero-order valence-corrected chi connectivity index (χ0v) is 8.72. The Morgan fingerprint density at radius 1 is 1.31 bits per heavy atom. The summed E-state index contributed by atoms with van der Waals surface area (Å²) < 4.78 is 4.41. The second-order valence-electron chi connectivity index (χ2n) is 2.85. The molecule has 1 aliphatic carbocycles. The number of carbonyl (C=O) groups is 3. The number of rotatable bonds is 2. The average molecular weight is 223 g/mol. The zero-order chi connectivity index (χ0) is 12.1. The average Bonchev–Trinajstić information content (AvgIpc) is 2.27. The van der Waals surface area contributed by atoms with Crippen LogP contribution < -0.4 is 0 Å². The number of hydrogen-bond donors (Lipinski definition) is 0. The third-order valence-electron chi connectivity index (χ3n) is 1.65. The summed E-state index contributed by atoms with van der Waals surface area (Å²) in [5.74, 6) is -1.83. The van der Waals surface area contributed by atoms with Gasteiger partial charge >= 0.3 is 11.9 Å². The molecule has 6 nitrogen and oxygen atoms in total. The van der Waals surface area contributed by atoms with Crippen molar-refractivity contribution in [1.82, 2.24) is 0 Å². The van der Waals surface area contributed by atoms with E-state index >= 15 is 0 Å². The molecule has 0 atom stereocenters.